The van der Waals surface area contributed by atoms with Crippen LogP contribution in [-0.4, -0.2) is 5.91 Å². The van der Waals surface area contributed by atoms with Gasteiger partial charge in [-0.15, -0.1) is 0 Å². The zero-order valence-corrected chi connectivity index (χ0v) is 11.8. The maximum absolute atomic E-state index is 11.8. The maximum Gasteiger partial charge on any atom is 0.248 e. The highest BCUT2D eigenvalue weighted by molar-refractivity contribution is 6.01. The molecular formula is C18H19NO. The Morgan fingerprint density at radius 1 is 1.00 bits per heavy atom. The van der Waals surface area contributed by atoms with Gasteiger partial charge in [0.25, 0.3) is 0 Å². The predicted octanol–water partition coefficient (Wildman–Crippen LogP) is 4.46. The molecule has 0 saturated carbocycles. The van der Waals surface area contributed by atoms with Gasteiger partial charge in [0.2, 0.25) is 5.91 Å². The summed E-state index contributed by atoms with van der Waals surface area (Å²) in [5.41, 5.74) is 3.13. The minimum absolute atomic E-state index is 0.121. The number of para-hydroxylation sites is 1. The summed E-state index contributed by atoms with van der Waals surface area (Å²) in [7, 11) is 0. The van der Waals surface area contributed by atoms with Crippen LogP contribution in [0.1, 0.15) is 30.9 Å². The Bertz CT molecular complexity index is 583. The van der Waals surface area contributed by atoms with E-state index in [-0.39, 0.29) is 5.91 Å². The van der Waals surface area contributed by atoms with Crippen molar-refractivity contribution in [3.05, 3.63) is 71.8 Å². The van der Waals surface area contributed by atoms with Crippen molar-refractivity contribution in [2.24, 2.45) is 0 Å². The second-order valence-electron chi connectivity index (χ2n) is 5.01. The van der Waals surface area contributed by atoms with E-state index in [9.17, 15) is 4.79 Å². The molecule has 2 nitrogen and oxygen atoms in total. The average molecular weight is 265 g/mol. The van der Waals surface area contributed by atoms with Crippen molar-refractivity contribution in [2.45, 2.75) is 19.8 Å². The van der Waals surface area contributed by atoms with Crippen LogP contribution < -0.4 is 5.32 Å². The molecule has 2 heteroatoms. The lowest BCUT2D eigenvalue weighted by atomic mass is 10.0. The molecule has 0 aliphatic rings. The van der Waals surface area contributed by atoms with Gasteiger partial charge in [0.15, 0.2) is 0 Å². The van der Waals surface area contributed by atoms with Crippen molar-refractivity contribution in [1.29, 1.82) is 0 Å². The first-order valence-electron chi connectivity index (χ1n) is 6.79. The van der Waals surface area contributed by atoms with E-state index in [2.05, 4.69) is 31.3 Å². The highest BCUT2D eigenvalue weighted by atomic mass is 16.1. The van der Waals surface area contributed by atoms with Crippen molar-refractivity contribution >= 4 is 17.7 Å². The third-order valence-corrected chi connectivity index (χ3v) is 3.07. The first-order chi connectivity index (χ1) is 9.65. The number of amides is 1. The fourth-order valence-electron chi connectivity index (χ4n) is 1.87. The quantitative estimate of drug-likeness (QED) is 0.812. The molecule has 0 saturated heterocycles. The second kappa shape index (κ2) is 6.71. The largest absolute Gasteiger partial charge is 0.323 e. The topological polar surface area (TPSA) is 29.1 Å². The summed E-state index contributed by atoms with van der Waals surface area (Å²) < 4.78 is 0. The summed E-state index contributed by atoms with van der Waals surface area (Å²) in [5, 5.41) is 2.82. The molecule has 2 rings (SSSR count). The van der Waals surface area contributed by atoms with Crippen LogP contribution in [-0.2, 0) is 4.79 Å². The van der Waals surface area contributed by atoms with E-state index >= 15 is 0 Å². The number of carbonyl (C=O) groups excluding carboxylic acids is 1. The van der Waals surface area contributed by atoms with Crippen molar-refractivity contribution < 1.29 is 4.79 Å². The zero-order chi connectivity index (χ0) is 14.4. The highest BCUT2D eigenvalue weighted by Gasteiger charge is 1.99. The number of hydrogen-bond acceptors (Lipinski definition) is 1. The van der Waals surface area contributed by atoms with E-state index in [0.717, 1.165) is 11.3 Å². The van der Waals surface area contributed by atoms with Crippen LogP contribution in [0.5, 0.6) is 0 Å². The summed E-state index contributed by atoms with van der Waals surface area (Å²) in [4.78, 5) is 11.8. The lowest BCUT2D eigenvalue weighted by molar-refractivity contribution is -0.111. The Morgan fingerprint density at radius 2 is 1.65 bits per heavy atom. The molecule has 0 spiro atoms. The van der Waals surface area contributed by atoms with Crippen molar-refractivity contribution in [3.8, 4) is 0 Å². The SMILES string of the molecule is CC(C)c1ccc(/C=C/C(=O)Nc2ccccc2)cc1. The Hall–Kier alpha value is -2.35. The third kappa shape index (κ3) is 4.09. The molecule has 0 heterocycles. The van der Waals surface area contributed by atoms with Crippen LogP contribution in [0.3, 0.4) is 0 Å². The maximum atomic E-state index is 11.8. The lowest BCUT2D eigenvalue weighted by Crippen LogP contribution is -2.07. The molecule has 1 amide bonds. The molecule has 1 N–H and O–H groups in total. The molecule has 0 atom stereocenters. The van der Waals surface area contributed by atoms with Crippen molar-refractivity contribution in [2.75, 3.05) is 5.32 Å². The summed E-state index contributed by atoms with van der Waals surface area (Å²) in [5.74, 6) is 0.401. The van der Waals surface area contributed by atoms with Gasteiger partial charge >= 0.3 is 0 Å². The van der Waals surface area contributed by atoms with E-state index in [1.54, 1.807) is 6.08 Å². The van der Waals surface area contributed by atoms with E-state index < -0.39 is 0 Å². The van der Waals surface area contributed by atoms with Gasteiger partial charge in [0.05, 0.1) is 0 Å². The molecule has 0 aliphatic heterocycles. The molecule has 102 valence electrons. The van der Waals surface area contributed by atoms with Crippen LogP contribution in [0, 0.1) is 0 Å². The van der Waals surface area contributed by atoms with E-state index in [1.165, 1.54) is 5.56 Å². The van der Waals surface area contributed by atoms with E-state index in [1.807, 2.05) is 48.5 Å². The van der Waals surface area contributed by atoms with Gasteiger partial charge in [-0.1, -0.05) is 56.3 Å². The predicted molar refractivity (Wildman–Crippen MR) is 84.6 cm³/mol. The summed E-state index contributed by atoms with van der Waals surface area (Å²) >= 11 is 0. The van der Waals surface area contributed by atoms with Crippen LogP contribution in [0.2, 0.25) is 0 Å². The molecule has 0 aliphatic carbocycles. The number of benzene rings is 2. The fourth-order valence-corrected chi connectivity index (χ4v) is 1.87. The normalized spacial score (nSPS) is 10.9. The molecular weight excluding hydrogens is 246 g/mol. The monoisotopic (exact) mass is 265 g/mol. The minimum Gasteiger partial charge on any atom is -0.323 e. The Kier molecular flexibility index (Phi) is 4.72. The Balaban J connectivity index is 1.97. The number of hydrogen-bond donors (Lipinski definition) is 1. The van der Waals surface area contributed by atoms with Gasteiger partial charge in [0.1, 0.15) is 0 Å². The van der Waals surface area contributed by atoms with Gasteiger partial charge in [-0.05, 0) is 35.3 Å². The molecule has 20 heavy (non-hydrogen) atoms. The number of nitrogens with one attached hydrogen (secondary N) is 1. The van der Waals surface area contributed by atoms with E-state index in [4.69, 9.17) is 0 Å². The highest BCUT2D eigenvalue weighted by Crippen LogP contribution is 2.15. The zero-order valence-electron chi connectivity index (χ0n) is 11.8. The van der Waals surface area contributed by atoms with Crippen LogP contribution in [0.4, 0.5) is 5.69 Å². The minimum atomic E-state index is -0.121. The second-order valence-corrected chi connectivity index (χ2v) is 5.01. The molecule has 0 aromatic heterocycles. The Morgan fingerprint density at radius 3 is 2.25 bits per heavy atom. The number of rotatable bonds is 4. The molecule has 0 radical (unpaired) electrons. The lowest BCUT2D eigenvalue weighted by Gasteiger charge is -2.04. The molecule has 0 bridgehead atoms. The van der Waals surface area contributed by atoms with Gasteiger partial charge in [-0.2, -0.15) is 0 Å². The van der Waals surface area contributed by atoms with Gasteiger partial charge in [-0.25, -0.2) is 0 Å². The first-order valence-corrected chi connectivity index (χ1v) is 6.79. The van der Waals surface area contributed by atoms with E-state index in [0.29, 0.717) is 5.92 Å². The van der Waals surface area contributed by atoms with Crippen LogP contribution >= 0.6 is 0 Å². The first kappa shape index (κ1) is 14.1. The summed E-state index contributed by atoms with van der Waals surface area (Å²) in [6.45, 7) is 4.33. The average Bonchev–Trinajstić information content (AvgIpc) is 2.46. The van der Waals surface area contributed by atoms with Crippen molar-refractivity contribution in [1.82, 2.24) is 0 Å². The number of anilines is 1. The standard InChI is InChI=1S/C18H19NO/c1-14(2)16-11-8-15(9-12-16)10-13-18(20)19-17-6-4-3-5-7-17/h3-14H,1-2H3,(H,19,20)/b13-10+. The number of carbonyl (C=O) groups is 1. The van der Waals surface area contributed by atoms with Crippen molar-refractivity contribution in [3.63, 3.8) is 0 Å². The van der Waals surface area contributed by atoms with Crippen LogP contribution in [0.25, 0.3) is 6.08 Å². The smallest absolute Gasteiger partial charge is 0.248 e. The van der Waals surface area contributed by atoms with Gasteiger partial charge in [-0.3, -0.25) is 4.79 Å². The summed E-state index contributed by atoms with van der Waals surface area (Å²) in [6, 6.07) is 17.7. The molecule has 2 aromatic carbocycles. The van der Waals surface area contributed by atoms with Crippen LogP contribution in [0.15, 0.2) is 60.7 Å². The van der Waals surface area contributed by atoms with Gasteiger partial charge < -0.3 is 5.32 Å². The summed E-state index contributed by atoms with van der Waals surface area (Å²) in [6.07, 6.45) is 3.37. The molecule has 0 fully saturated rings. The molecule has 0 unspecified atom stereocenters. The van der Waals surface area contributed by atoms with Gasteiger partial charge in [0, 0.05) is 11.8 Å². The fraction of sp³-hybridized carbons (Fsp3) is 0.167. The third-order valence-electron chi connectivity index (χ3n) is 3.07. The molecule has 2 aromatic rings. The Labute approximate surface area is 120 Å².